The van der Waals surface area contributed by atoms with Crippen LogP contribution in [0.3, 0.4) is 0 Å². The van der Waals surface area contributed by atoms with E-state index in [9.17, 15) is 4.79 Å². The first-order valence-corrected chi connectivity index (χ1v) is 7.91. The molecule has 1 fully saturated rings. The molecule has 120 valence electrons. The van der Waals surface area contributed by atoms with Crippen LogP contribution in [0.15, 0.2) is 48.7 Å². The van der Waals surface area contributed by atoms with Crippen LogP contribution in [0.4, 0.5) is 0 Å². The number of pyridine rings is 1. The molecule has 0 unspecified atom stereocenters. The van der Waals surface area contributed by atoms with Crippen LogP contribution >= 0.6 is 0 Å². The predicted octanol–water partition coefficient (Wildman–Crippen LogP) is 1.63. The second-order valence-corrected chi connectivity index (χ2v) is 5.56. The van der Waals surface area contributed by atoms with Crippen LogP contribution in [0.2, 0.25) is 0 Å². The molecule has 1 aromatic heterocycles. The molecule has 1 saturated heterocycles. The van der Waals surface area contributed by atoms with Crippen molar-refractivity contribution >= 4 is 5.91 Å². The van der Waals surface area contributed by atoms with Gasteiger partial charge in [0, 0.05) is 32.4 Å². The molecular formula is C18H21N3O2. The molecule has 1 amide bonds. The van der Waals surface area contributed by atoms with Crippen LogP contribution in [0.1, 0.15) is 11.3 Å². The molecule has 0 spiro atoms. The van der Waals surface area contributed by atoms with E-state index in [1.807, 2.05) is 47.4 Å². The average molecular weight is 311 g/mol. The number of hydrogen-bond acceptors (Lipinski definition) is 4. The van der Waals surface area contributed by atoms with Gasteiger partial charge in [0.15, 0.2) is 0 Å². The molecule has 5 heteroatoms. The smallest absolute Gasteiger partial charge is 0.227 e. The van der Waals surface area contributed by atoms with E-state index >= 15 is 0 Å². The summed E-state index contributed by atoms with van der Waals surface area (Å²) in [6.45, 7) is 3.80. The highest BCUT2D eigenvalue weighted by molar-refractivity contribution is 5.78. The van der Waals surface area contributed by atoms with Gasteiger partial charge in [0.2, 0.25) is 5.91 Å². The Balaban J connectivity index is 1.51. The lowest BCUT2D eigenvalue weighted by Crippen LogP contribution is -2.46. The number of ether oxygens (including phenoxy) is 1. The van der Waals surface area contributed by atoms with Crippen LogP contribution in [0, 0.1) is 0 Å². The molecule has 1 N–H and O–H groups in total. The second kappa shape index (κ2) is 7.74. The summed E-state index contributed by atoms with van der Waals surface area (Å²) in [5, 5.41) is 3.25. The molecule has 1 aromatic carbocycles. The Morgan fingerprint density at radius 3 is 2.61 bits per heavy atom. The summed E-state index contributed by atoms with van der Waals surface area (Å²) in [7, 11) is 0. The van der Waals surface area contributed by atoms with E-state index < -0.39 is 0 Å². The number of carbonyl (C=O) groups excluding carboxylic acids is 1. The van der Waals surface area contributed by atoms with E-state index in [-0.39, 0.29) is 5.91 Å². The van der Waals surface area contributed by atoms with Gasteiger partial charge in [-0.15, -0.1) is 0 Å². The van der Waals surface area contributed by atoms with Crippen LogP contribution in [0.25, 0.3) is 0 Å². The number of carbonyl (C=O) groups is 1. The Hall–Kier alpha value is -2.40. The first-order valence-electron chi connectivity index (χ1n) is 7.91. The normalized spacial score (nSPS) is 14.5. The van der Waals surface area contributed by atoms with Gasteiger partial charge in [-0.2, -0.15) is 0 Å². The predicted molar refractivity (Wildman–Crippen MR) is 88.2 cm³/mol. The number of benzene rings is 1. The first kappa shape index (κ1) is 15.5. The van der Waals surface area contributed by atoms with Gasteiger partial charge < -0.3 is 15.0 Å². The van der Waals surface area contributed by atoms with E-state index in [1.165, 1.54) is 0 Å². The van der Waals surface area contributed by atoms with Gasteiger partial charge in [-0.25, -0.2) is 0 Å². The van der Waals surface area contributed by atoms with Gasteiger partial charge in [-0.1, -0.05) is 18.2 Å². The summed E-state index contributed by atoms with van der Waals surface area (Å²) >= 11 is 0. The summed E-state index contributed by atoms with van der Waals surface area (Å²) in [6.07, 6.45) is 2.20. The largest absolute Gasteiger partial charge is 0.487 e. The standard InChI is InChI=1S/C18H21N3O2/c22-18(21-11-9-19-10-12-21)13-15-4-6-17(7-5-15)23-14-16-3-1-2-8-20-16/h1-8,19H,9-14H2. The minimum atomic E-state index is 0.189. The Morgan fingerprint density at radius 1 is 1.13 bits per heavy atom. The van der Waals surface area contributed by atoms with Gasteiger partial charge in [0.25, 0.3) is 0 Å². The fraction of sp³-hybridized carbons (Fsp3) is 0.333. The fourth-order valence-electron chi connectivity index (χ4n) is 2.54. The number of rotatable bonds is 5. The van der Waals surface area contributed by atoms with Crippen LogP contribution in [0.5, 0.6) is 5.75 Å². The Bertz CT molecular complexity index is 622. The topological polar surface area (TPSA) is 54.5 Å². The van der Waals surface area contributed by atoms with Crippen LogP contribution in [-0.2, 0) is 17.8 Å². The average Bonchev–Trinajstić information content (AvgIpc) is 2.63. The fourth-order valence-corrected chi connectivity index (χ4v) is 2.54. The van der Waals surface area contributed by atoms with Gasteiger partial charge in [-0.05, 0) is 29.8 Å². The minimum Gasteiger partial charge on any atom is -0.487 e. The van der Waals surface area contributed by atoms with E-state index in [0.29, 0.717) is 13.0 Å². The van der Waals surface area contributed by atoms with Crippen molar-refractivity contribution in [2.75, 3.05) is 26.2 Å². The molecule has 23 heavy (non-hydrogen) atoms. The van der Waals surface area contributed by atoms with E-state index in [1.54, 1.807) is 6.20 Å². The molecule has 0 aliphatic carbocycles. The third kappa shape index (κ3) is 4.53. The zero-order valence-electron chi connectivity index (χ0n) is 13.1. The maximum Gasteiger partial charge on any atom is 0.227 e. The SMILES string of the molecule is O=C(Cc1ccc(OCc2ccccn2)cc1)N1CCNCC1. The monoisotopic (exact) mass is 311 g/mol. The molecule has 2 heterocycles. The van der Waals surface area contributed by atoms with Crippen molar-refractivity contribution in [3.05, 3.63) is 59.9 Å². The molecule has 1 aliphatic heterocycles. The first-order chi connectivity index (χ1) is 11.3. The molecule has 5 nitrogen and oxygen atoms in total. The number of nitrogens with one attached hydrogen (secondary N) is 1. The maximum absolute atomic E-state index is 12.2. The summed E-state index contributed by atoms with van der Waals surface area (Å²) < 4.78 is 5.70. The number of amides is 1. The third-order valence-corrected chi connectivity index (χ3v) is 3.86. The highest BCUT2D eigenvalue weighted by Crippen LogP contribution is 2.14. The minimum absolute atomic E-state index is 0.189. The van der Waals surface area contributed by atoms with Crippen LogP contribution in [-0.4, -0.2) is 42.0 Å². The van der Waals surface area contributed by atoms with Crippen molar-refractivity contribution in [2.45, 2.75) is 13.0 Å². The van der Waals surface area contributed by atoms with Crippen molar-refractivity contribution in [3.8, 4) is 5.75 Å². The molecular weight excluding hydrogens is 290 g/mol. The summed E-state index contributed by atoms with van der Waals surface area (Å²) in [4.78, 5) is 18.4. The van der Waals surface area contributed by atoms with E-state index in [4.69, 9.17) is 4.74 Å². The van der Waals surface area contributed by atoms with Crippen molar-refractivity contribution in [1.82, 2.24) is 15.2 Å². The zero-order valence-corrected chi connectivity index (χ0v) is 13.1. The van der Waals surface area contributed by atoms with E-state index in [2.05, 4.69) is 10.3 Å². The van der Waals surface area contributed by atoms with Crippen molar-refractivity contribution in [2.24, 2.45) is 0 Å². The Morgan fingerprint density at radius 2 is 1.91 bits per heavy atom. The highest BCUT2D eigenvalue weighted by atomic mass is 16.5. The lowest BCUT2D eigenvalue weighted by atomic mass is 10.1. The van der Waals surface area contributed by atoms with Gasteiger partial charge in [0.1, 0.15) is 12.4 Å². The number of nitrogens with zero attached hydrogens (tertiary/aromatic N) is 2. The number of aromatic nitrogens is 1. The van der Waals surface area contributed by atoms with Crippen molar-refractivity contribution in [3.63, 3.8) is 0 Å². The number of piperazine rings is 1. The quantitative estimate of drug-likeness (QED) is 0.912. The molecule has 1 aliphatic rings. The summed E-state index contributed by atoms with van der Waals surface area (Å²) in [5.74, 6) is 0.975. The third-order valence-electron chi connectivity index (χ3n) is 3.86. The van der Waals surface area contributed by atoms with Crippen molar-refractivity contribution < 1.29 is 9.53 Å². The molecule has 0 bridgehead atoms. The number of hydrogen-bond donors (Lipinski definition) is 1. The molecule has 0 saturated carbocycles. The Kier molecular flexibility index (Phi) is 5.21. The second-order valence-electron chi connectivity index (χ2n) is 5.56. The zero-order chi connectivity index (χ0) is 15.9. The highest BCUT2D eigenvalue weighted by Gasteiger charge is 2.16. The van der Waals surface area contributed by atoms with Gasteiger partial charge >= 0.3 is 0 Å². The summed E-state index contributed by atoms with van der Waals surface area (Å²) in [5.41, 5.74) is 1.91. The molecule has 0 atom stereocenters. The maximum atomic E-state index is 12.2. The van der Waals surface area contributed by atoms with Gasteiger partial charge in [-0.3, -0.25) is 9.78 Å². The summed E-state index contributed by atoms with van der Waals surface area (Å²) in [6, 6.07) is 13.5. The Labute approximate surface area is 136 Å². The lowest BCUT2D eigenvalue weighted by molar-refractivity contribution is -0.131. The molecule has 2 aromatic rings. The van der Waals surface area contributed by atoms with Crippen LogP contribution < -0.4 is 10.1 Å². The lowest BCUT2D eigenvalue weighted by Gasteiger charge is -2.27. The van der Waals surface area contributed by atoms with E-state index in [0.717, 1.165) is 43.2 Å². The molecule has 0 radical (unpaired) electrons. The van der Waals surface area contributed by atoms with Gasteiger partial charge in [0.05, 0.1) is 12.1 Å². The molecule has 3 rings (SSSR count). The van der Waals surface area contributed by atoms with Crippen molar-refractivity contribution in [1.29, 1.82) is 0 Å².